The molecule has 3 aliphatic rings. The van der Waals surface area contributed by atoms with Crippen LogP contribution in [0, 0.1) is 5.41 Å². The van der Waals surface area contributed by atoms with Gasteiger partial charge in [0.2, 0.25) is 0 Å². The first kappa shape index (κ1) is 30.9. The lowest BCUT2D eigenvalue weighted by molar-refractivity contribution is 0.0237. The zero-order valence-corrected chi connectivity index (χ0v) is 27.5. The van der Waals surface area contributed by atoms with Gasteiger partial charge in [0, 0.05) is 80.6 Å². The molecule has 1 spiro atoms. The largest absolute Gasteiger partial charge is 0.444 e. The predicted molar refractivity (Wildman–Crippen MR) is 177 cm³/mol. The summed E-state index contributed by atoms with van der Waals surface area (Å²) in [6, 6.07) is 14.6. The number of carbonyl (C=O) groups excluding carboxylic acids is 2. The van der Waals surface area contributed by atoms with Gasteiger partial charge >= 0.3 is 12.2 Å². The van der Waals surface area contributed by atoms with Crippen molar-refractivity contribution in [1.82, 2.24) is 19.8 Å². The molecule has 1 unspecified atom stereocenters. The van der Waals surface area contributed by atoms with Gasteiger partial charge in [-0.3, -0.25) is 0 Å². The maximum absolute atomic E-state index is 12.8. The van der Waals surface area contributed by atoms with Crippen LogP contribution in [0.5, 0.6) is 0 Å². The molecule has 5 heterocycles. The minimum atomic E-state index is -0.502. The molecule has 1 atom stereocenters. The number of hydrogen-bond acceptors (Lipinski definition) is 8. The summed E-state index contributed by atoms with van der Waals surface area (Å²) in [6.45, 7) is 17.3. The van der Waals surface area contributed by atoms with Crippen LogP contribution < -0.4 is 9.80 Å². The van der Waals surface area contributed by atoms with E-state index in [1.807, 2.05) is 64.8 Å². The minimum Gasteiger partial charge on any atom is -0.444 e. The maximum Gasteiger partial charge on any atom is 0.410 e. The van der Waals surface area contributed by atoms with Gasteiger partial charge in [-0.1, -0.05) is 18.2 Å². The summed E-state index contributed by atoms with van der Waals surface area (Å²) < 4.78 is 11.2. The Morgan fingerprint density at radius 2 is 1.42 bits per heavy atom. The molecule has 6 rings (SSSR count). The average Bonchev–Trinajstić information content (AvgIpc) is 3.61. The van der Waals surface area contributed by atoms with E-state index in [0.717, 1.165) is 67.0 Å². The average molecular weight is 615 g/mol. The zero-order chi connectivity index (χ0) is 32.0. The Morgan fingerprint density at radius 3 is 2.09 bits per heavy atom. The van der Waals surface area contributed by atoms with E-state index in [0.29, 0.717) is 26.2 Å². The molecule has 3 aromatic rings. The van der Waals surface area contributed by atoms with Crippen molar-refractivity contribution in [3.8, 4) is 11.3 Å². The van der Waals surface area contributed by atoms with E-state index in [2.05, 4.69) is 40.1 Å². The van der Waals surface area contributed by atoms with Crippen LogP contribution in [0.2, 0.25) is 0 Å². The highest BCUT2D eigenvalue weighted by Gasteiger charge is 2.46. The molecule has 45 heavy (non-hydrogen) atoms. The number of fused-ring (bicyclic) bond motifs is 1. The Labute approximate surface area is 266 Å². The lowest BCUT2D eigenvalue weighted by Crippen LogP contribution is -2.50. The third-order valence-corrected chi connectivity index (χ3v) is 8.86. The first-order chi connectivity index (χ1) is 21.3. The summed E-state index contributed by atoms with van der Waals surface area (Å²) >= 11 is 0. The summed E-state index contributed by atoms with van der Waals surface area (Å²) in [5, 5.41) is 1.13. The molecule has 2 amide bonds. The van der Waals surface area contributed by atoms with E-state index in [9.17, 15) is 9.59 Å². The monoisotopic (exact) mass is 614 g/mol. The van der Waals surface area contributed by atoms with Crippen molar-refractivity contribution in [3.63, 3.8) is 0 Å². The number of benzene rings is 1. The quantitative estimate of drug-likeness (QED) is 0.345. The molecular weight excluding hydrogens is 568 g/mol. The number of anilines is 2. The molecule has 0 radical (unpaired) electrons. The van der Waals surface area contributed by atoms with Crippen molar-refractivity contribution in [2.45, 2.75) is 65.6 Å². The fourth-order valence-corrected chi connectivity index (χ4v) is 6.63. The Bertz CT molecular complexity index is 1560. The van der Waals surface area contributed by atoms with Gasteiger partial charge in [-0.05, 0) is 78.6 Å². The Morgan fingerprint density at radius 1 is 0.756 bits per heavy atom. The van der Waals surface area contributed by atoms with Gasteiger partial charge in [-0.2, -0.15) is 0 Å². The van der Waals surface area contributed by atoms with Gasteiger partial charge < -0.3 is 29.1 Å². The van der Waals surface area contributed by atoms with Crippen molar-refractivity contribution in [2.75, 3.05) is 62.2 Å². The molecule has 0 bridgehead atoms. The van der Waals surface area contributed by atoms with Crippen LogP contribution in [0.1, 0.15) is 54.4 Å². The highest BCUT2D eigenvalue weighted by Crippen LogP contribution is 2.43. The molecule has 2 aromatic heterocycles. The van der Waals surface area contributed by atoms with Gasteiger partial charge in [0.05, 0.1) is 11.2 Å². The van der Waals surface area contributed by atoms with Crippen molar-refractivity contribution >= 4 is 34.6 Å². The third kappa shape index (κ3) is 6.94. The Kier molecular flexibility index (Phi) is 8.03. The molecule has 10 heteroatoms. The van der Waals surface area contributed by atoms with Crippen molar-refractivity contribution in [2.24, 2.45) is 5.41 Å². The minimum absolute atomic E-state index is 0.0676. The van der Waals surface area contributed by atoms with E-state index in [1.54, 1.807) is 4.90 Å². The predicted octanol–water partition coefficient (Wildman–Crippen LogP) is 6.19. The second-order valence-corrected chi connectivity index (χ2v) is 14.7. The number of carbonyl (C=O) groups is 2. The number of likely N-dealkylation sites (tertiary alicyclic amines) is 1. The van der Waals surface area contributed by atoms with Crippen LogP contribution in [0.15, 0.2) is 48.7 Å². The highest BCUT2D eigenvalue weighted by molar-refractivity contribution is 5.94. The van der Waals surface area contributed by atoms with Crippen molar-refractivity contribution in [3.05, 3.63) is 48.7 Å². The summed E-state index contributed by atoms with van der Waals surface area (Å²) in [4.78, 5) is 43.4. The van der Waals surface area contributed by atoms with Gasteiger partial charge in [0.25, 0.3) is 0 Å². The molecule has 0 saturated carbocycles. The molecule has 3 aliphatic heterocycles. The van der Waals surface area contributed by atoms with Crippen molar-refractivity contribution in [1.29, 1.82) is 0 Å². The number of piperazine rings is 1. The molecule has 1 aromatic carbocycles. The molecular formula is C35H46N6O4. The van der Waals surface area contributed by atoms with E-state index in [-0.39, 0.29) is 17.6 Å². The normalized spacial score (nSPS) is 20.8. The van der Waals surface area contributed by atoms with Crippen LogP contribution in [0.25, 0.3) is 22.2 Å². The zero-order valence-electron chi connectivity index (χ0n) is 27.5. The number of amides is 2. The SMILES string of the molecule is CC(C)(C)OC(=O)N1CCN(c2ccc(-c3cc(N4CCC5(CCN(C(=O)OC(C)(C)C)C5)C4)c4ccccc4n3)cn2)CC1. The summed E-state index contributed by atoms with van der Waals surface area (Å²) in [6.07, 6.45) is 3.44. The topological polar surface area (TPSA) is 91.3 Å². The first-order valence-electron chi connectivity index (χ1n) is 16.1. The summed E-state index contributed by atoms with van der Waals surface area (Å²) in [7, 11) is 0. The Hall–Kier alpha value is -4.08. The molecule has 3 saturated heterocycles. The number of hydrogen-bond donors (Lipinski definition) is 0. The van der Waals surface area contributed by atoms with Crippen molar-refractivity contribution < 1.29 is 19.1 Å². The molecule has 0 aliphatic carbocycles. The second kappa shape index (κ2) is 11.7. The molecule has 3 fully saturated rings. The molecule has 240 valence electrons. The number of pyridine rings is 2. The van der Waals surface area contributed by atoms with E-state index < -0.39 is 11.2 Å². The maximum atomic E-state index is 12.8. The number of para-hydroxylation sites is 1. The van der Waals surface area contributed by atoms with Gasteiger partial charge in [-0.15, -0.1) is 0 Å². The lowest BCUT2D eigenvalue weighted by atomic mass is 9.86. The second-order valence-electron chi connectivity index (χ2n) is 14.7. The molecule has 10 nitrogen and oxygen atoms in total. The number of ether oxygens (including phenoxy) is 2. The third-order valence-electron chi connectivity index (χ3n) is 8.86. The number of aromatic nitrogens is 2. The Balaban J connectivity index is 1.16. The fraction of sp³-hybridized carbons (Fsp3) is 0.543. The number of nitrogens with zero attached hydrogens (tertiary/aromatic N) is 6. The lowest BCUT2D eigenvalue weighted by Gasteiger charge is -2.36. The standard InChI is InChI=1S/C35H46N6O4/c1-33(2,3)44-31(42)39-19-17-38(18-20-39)30-12-11-25(22-36-30)28-21-29(26-9-7-8-10-27(26)37-28)40-15-13-35(23-40)14-16-41(24-35)32(43)45-34(4,5)6/h7-12,21-22H,13-20,23-24H2,1-6H3. The fourth-order valence-electron chi connectivity index (χ4n) is 6.63. The smallest absolute Gasteiger partial charge is 0.410 e. The van der Waals surface area contributed by atoms with Crippen LogP contribution in [0.3, 0.4) is 0 Å². The van der Waals surface area contributed by atoms with Crippen LogP contribution in [-0.2, 0) is 9.47 Å². The summed E-state index contributed by atoms with van der Waals surface area (Å²) in [5.74, 6) is 0.890. The summed E-state index contributed by atoms with van der Waals surface area (Å²) in [5.41, 5.74) is 3.05. The van der Waals surface area contributed by atoms with Crippen LogP contribution in [0.4, 0.5) is 21.1 Å². The van der Waals surface area contributed by atoms with Crippen LogP contribution in [-0.4, -0.2) is 95.5 Å². The van der Waals surface area contributed by atoms with E-state index in [1.165, 1.54) is 5.69 Å². The highest BCUT2D eigenvalue weighted by atomic mass is 16.6. The first-order valence-corrected chi connectivity index (χ1v) is 16.1. The van der Waals surface area contributed by atoms with Gasteiger partial charge in [0.15, 0.2) is 0 Å². The molecule has 0 N–H and O–H groups in total. The van der Waals surface area contributed by atoms with Crippen LogP contribution >= 0.6 is 0 Å². The van der Waals surface area contributed by atoms with E-state index in [4.69, 9.17) is 19.4 Å². The van der Waals surface area contributed by atoms with E-state index >= 15 is 0 Å². The number of rotatable bonds is 3. The van der Waals surface area contributed by atoms with Gasteiger partial charge in [-0.25, -0.2) is 19.6 Å². The van der Waals surface area contributed by atoms with Gasteiger partial charge in [0.1, 0.15) is 17.0 Å².